The van der Waals surface area contributed by atoms with Gasteiger partial charge in [0.2, 0.25) is 0 Å². The molecule has 0 saturated carbocycles. The minimum absolute atomic E-state index is 0.0770. The van der Waals surface area contributed by atoms with Gasteiger partial charge >= 0.3 is 0 Å². The van der Waals surface area contributed by atoms with E-state index in [9.17, 15) is 0 Å². The Morgan fingerprint density at radius 3 is 2.08 bits per heavy atom. The molecule has 0 radical (unpaired) electrons. The second-order valence-electron chi connectivity index (χ2n) is 4.04. The average Bonchev–Trinajstić information content (AvgIpc) is 2.30. The van der Waals surface area contributed by atoms with Crippen LogP contribution in [0.15, 0.2) is 4.34 Å². The van der Waals surface area contributed by atoms with Gasteiger partial charge in [0.25, 0.3) is 0 Å². The Balaban J connectivity index is 2.92. The Bertz CT molecular complexity index is 260. The van der Waals surface area contributed by atoms with Crippen molar-refractivity contribution in [1.29, 1.82) is 0 Å². The topological polar surface area (TPSA) is 25.8 Å². The van der Waals surface area contributed by atoms with Crippen LogP contribution in [0.5, 0.6) is 0 Å². The van der Waals surface area contributed by atoms with Gasteiger partial charge in [0.05, 0.1) is 0 Å². The van der Waals surface area contributed by atoms with Crippen molar-refractivity contribution in [3.05, 3.63) is 5.82 Å². The van der Waals surface area contributed by atoms with Gasteiger partial charge in [0.15, 0.2) is 0 Å². The fourth-order valence-corrected chi connectivity index (χ4v) is 2.38. The molecule has 0 unspecified atom stereocenters. The standard InChI is InChI=1S/C8H16N2S2/c1-8(2,3)6-9-7(11-10-6)12(4)5/h12H,1-5H3. The van der Waals surface area contributed by atoms with Crippen molar-refractivity contribution in [1.82, 2.24) is 9.36 Å². The molecule has 70 valence electrons. The molecule has 1 heterocycles. The lowest BCUT2D eigenvalue weighted by Crippen LogP contribution is -2.13. The fraction of sp³-hybridized carbons (Fsp3) is 0.750. The van der Waals surface area contributed by atoms with Gasteiger partial charge in [0.1, 0.15) is 10.2 Å². The molecule has 0 N–H and O–H groups in total. The maximum Gasteiger partial charge on any atom is 0.150 e. The molecule has 2 nitrogen and oxygen atoms in total. The zero-order valence-electron chi connectivity index (χ0n) is 8.25. The summed E-state index contributed by atoms with van der Waals surface area (Å²) in [6.07, 6.45) is 4.42. The maximum atomic E-state index is 4.52. The van der Waals surface area contributed by atoms with E-state index in [4.69, 9.17) is 0 Å². The van der Waals surface area contributed by atoms with Crippen LogP contribution < -0.4 is 0 Å². The predicted molar refractivity (Wildman–Crippen MR) is 57.7 cm³/mol. The summed E-state index contributed by atoms with van der Waals surface area (Å²) in [7, 11) is -0.0770. The molecule has 0 fully saturated rings. The summed E-state index contributed by atoms with van der Waals surface area (Å²) >= 11 is 1.55. The predicted octanol–water partition coefficient (Wildman–Crippen LogP) is 2.46. The van der Waals surface area contributed by atoms with Crippen molar-refractivity contribution in [3.63, 3.8) is 0 Å². The molecular formula is C8H16N2S2. The molecule has 1 aromatic rings. The zero-order valence-corrected chi connectivity index (χ0v) is 9.96. The van der Waals surface area contributed by atoms with Gasteiger partial charge in [0, 0.05) is 5.41 Å². The number of aromatic nitrogens is 2. The van der Waals surface area contributed by atoms with Crippen molar-refractivity contribution >= 4 is 22.4 Å². The van der Waals surface area contributed by atoms with Gasteiger partial charge in [-0.25, -0.2) is 15.9 Å². The number of rotatable bonds is 1. The van der Waals surface area contributed by atoms with Crippen LogP contribution in [0.1, 0.15) is 26.6 Å². The van der Waals surface area contributed by atoms with E-state index in [0.29, 0.717) is 0 Å². The van der Waals surface area contributed by atoms with E-state index in [2.05, 4.69) is 42.6 Å². The van der Waals surface area contributed by atoms with Crippen molar-refractivity contribution in [2.24, 2.45) is 0 Å². The zero-order chi connectivity index (χ0) is 9.35. The van der Waals surface area contributed by atoms with E-state index < -0.39 is 0 Å². The van der Waals surface area contributed by atoms with Crippen LogP contribution in [0.4, 0.5) is 0 Å². The van der Waals surface area contributed by atoms with Crippen molar-refractivity contribution < 1.29 is 0 Å². The molecule has 0 aliphatic rings. The van der Waals surface area contributed by atoms with Gasteiger partial charge in [-0.15, -0.1) is 0 Å². The Hall–Kier alpha value is -0.0900. The smallest absolute Gasteiger partial charge is 0.150 e. The summed E-state index contributed by atoms with van der Waals surface area (Å²) in [4.78, 5) is 4.52. The number of hydrogen-bond acceptors (Lipinski definition) is 3. The highest BCUT2D eigenvalue weighted by atomic mass is 32.2. The van der Waals surface area contributed by atoms with Crippen LogP contribution in [0.2, 0.25) is 0 Å². The second-order valence-corrected chi connectivity index (χ2v) is 7.31. The largest absolute Gasteiger partial charge is 0.214 e. The van der Waals surface area contributed by atoms with Crippen LogP contribution in [-0.2, 0) is 5.41 Å². The molecule has 0 saturated heterocycles. The summed E-state index contributed by atoms with van der Waals surface area (Å²) in [6.45, 7) is 6.44. The van der Waals surface area contributed by atoms with Crippen LogP contribution in [0.25, 0.3) is 0 Å². The Kier molecular flexibility index (Phi) is 2.78. The number of hydrogen-bond donors (Lipinski definition) is 1. The lowest BCUT2D eigenvalue weighted by molar-refractivity contribution is 0.551. The quantitative estimate of drug-likeness (QED) is 0.711. The second kappa shape index (κ2) is 3.34. The molecule has 1 rings (SSSR count). The molecule has 0 bridgehead atoms. The van der Waals surface area contributed by atoms with E-state index in [1.807, 2.05) is 0 Å². The first kappa shape index (κ1) is 9.99. The molecule has 0 spiro atoms. The monoisotopic (exact) mass is 204 g/mol. The van der Waals surface area contributed by atoms with Gasteiger partial charge in [-0.1, -0.05) is 20.8 Å². The van der Waals surface area contributed by atoms with E-state index in [-0.39, 0.29) is 16.3 Å². The van der Waals surface area contributed by atoms with Gasteiger partial charge in [-0.2, -0.15) is 4.37 Å². The number of thiol groups is 1. The van der Waals surface area contributed by atoms with Crippen molar-refractivity contribution in [3.8, 4) is 0 Å². The fourth-order valence-electron chi connectivity index (χ4n) is 0.702. The van der Waals surface area contributed by atoms with Crippen LogP contribution >= 0.6 is 22.4 Å². The van der Waals surface area contributed by atoms with Crippen molar-refractivity contribution in [2.75, 3.05) is 12.5 Å². The first-order valence-corrected chi connectivity index (χ1v) is 6.94. The highest BCUT2D eigenvalue weighted by Gasteiger charge is 2.19. The van der Waals surface area contributed by atoms with E-state index in [0.717, 1.165) is 5.82 Å². The van der Waals surface area contributed by atoms with Gasteiger partial charge in [-0.3, -0.25) is 0 Å². The lowest BCUT2D eigenvalue weighted by atomic mass is 9.96. The van der Waals surface area contributed by atoms with Crippen molar-refractivity contribution in [2.45, 2.75) is 30.5 Å². The molecule has 4 heteroatoms. The van der Waals surface area contributed by atoms with E-state index in [1.165, 1.54) is 4.34 Å². The third-order valence-corrected chi connectivity index (χ3v) is 4.19. The summed E-state index contributed by atoms with van der Waals surface area (Å²) in [5, 5.41) is 0. The molecule has 12 heavy (non-hydrogen) atoms. The summed E-state index contributed by atoms with van der Waals surface area (Å²) in [6, 6.07) is 0. The third kappa shape index (κ3) is 2.20. The maximum absolute atomic E-state index is 4.52. The Morgan fingerprint density at radius 2 is 1.83 bits per heavy atom. The average molecular weight is 204 g/mol. The molecule has 0 aliphatic heterocycles. The van der Waals surface area contributed by atoms with Gasteiger partial charge in [-0.05, 0) is 24.0 Å². The lowest BCUT2D eigenvalue weighted by Gasteiger charge is -2.12. The Morgan fingerprint density at radius 1 is 1.25 bits per heavy atom. The van der Waals surface area contributed by atoms with Crippen LogP contribution in [0, 0.1) is 0 Å². The first-order chi connectivity index (χ1) is 5.41. The minimum Gasteiger partial charge on any atom is -0.214 e. The summed E-state index contributed by atoms with van der Waals surface area (Å²) < 4.78 is 5.56. The molecule has 0 atom stereocenters. The minimum atomic E-state index is -0.0770. The third-order valence-electron chi connectivity index (χ3n) is 1.47. The highest BCUT2D eigenvalue weighted by Crippen LogP contribution is 2.32. The first-order valence-electron chi connectivity index (χ1n) is 3.93. The van der Waals surface area contributed by atoms with Crippen LogP contribution in [0.3, 0.4) is 0 Å². The highest BCUT2D eigenvalue weighted by molar-refractivity contribution is 8.17. The molecule has 0 aliphatic carbocycles. The summed E-state index contributed by atoms with van der Waals surface area (Å²) in [5.41, 5.74) is 0.0973. The molecule has 0 aromatic carbocycles. The van der Waals surface area contributed by atoms with E-state index in [1.54, 1.807) is 11.5 Å². The van der Waals surface area contributed by atoms with Crippen LogP contribution in [-0.4, -0.2) is 21.9 Å². The normalized spacial score (nSPS) is 13.2. The summed E-state index contributed by atoms with van der Waals surface area (Å²) in [5.74, 6) is 0.985. The Labute approximate surface area is 80.9 Å². The SMILES string of the molecule is C[SH](C)c1nc(C(C)(C)C)ns1. The van der Waals surface area contributed by atoms with E-state index >= 15 is 0 Å². The molecule has 0 amide bonds. The molecule has 1 aromatic heterocycles. The number of nitrogens with zero attached hydrogens (tertiary/aromatic N) is 2. The molecular weight excluding hydrogens is 188 g/mol. The van der Waals surface area contributed by atoms with Gasteiger partial charge < -0.3 is 0 Å².